The van der Waals surface area contributed by atoms with E-state index in [-0.39, 0.29) is 5.56 Å². The van der Waals surface area contributed by atoms with Crippen LogP contribution >= 0.6 is 0 Å². The number of pyridine rings is 1. The zero-order valence-corrected chi connectivity index (χ0v) is 24.8. The molecule has 1 aliphatic heterocycles. The molecule has 1 fully saturated rings. The van der Waals surface area contributed by atoms with Crippen LogP contribution in [0.4, 0.5) is 36.2 Å². The van der Waals surface area contributed by atoms with E-state index in [1.807, 2.05) is 18.2 Å². The molecule has 0 aliphatic carbocycles. The minimum atomic E-state index is -4.54. The third-order valence-corrected chi connectivity index (χ3v) is 7.47. The second kappa shape index (κ2) is 13.2. The first-order valence-corrected chi connectivity index (χ1v) is 14.6. The van der Waals surface area contributed by atoms with Crippen LogP contribution in [0.2, 0.25) is 0 Å². The molecule has 9 nitrogen and oxygen atoms in total. The summed E-state index contributed by atoms with van der Waals surface area (Å²) in [7, 11) is 2.14. The number of ether oxygens (including phenoxy) is 1. The van der Waals surface area contributed by atoms with Gasteiger partial charge in [0.15, 0.2) is 0 Å². The number of hydrogen-bond acceptors (Lipinski definition) is 8. The molecule has 0 saturated carbocycles. The summed E-state index contributed by atoms with van der Waals surface area (Å²) >= 11 is 0. The topological polar surface area (TPSA) is 95.5 Å². The number of piperazine rings is 1. The maximum Gasteiger partial charge on any atom is 0.416 e. The Labute approximate surface area is 263 Å². The van der Waals surface area contributed by atoms with Crippen LogP contribution in [-0.2, 0) is 6.18 Å². The summed E-state index contributed by atoms with van der Waals surface area (Å²) in [5, 5.41) is 5.87. The standard InChI is InChI=1S/C34H30F3N7O2/c1-43-18-20-44(21-19-43)27-11-7-26(8-12-27)41-33-39-17-15-30(42-33)29-6-3-16-38-32(29)46-28-13-9-25(10-14-28)40-31(45)23-4-2-5-24(22-23)34(35,36)37/h2-17,22H,18-21H2,1H3,(H,40,45)(H,39,41,42). The van der Waals surface area contributed by atoms with E-state index in [9.17, 15) is 18.0 Å². The fraction of sp³-hybridized carbons (Fsp3) is 0.176. The minimum absolute atomic E-state index is 0.102. The molecule has 3 aromatic carbocycles. The first kappa shape index (κ1) is 30.5. The average Bonchev–Trinajstić information content (AvgIpc) is 3.06. The average molecular weight is 626 g/mol. The van der Waals surface area contributed by atoms with E-state index in [0.717, 1.165) is 44.0 Å². The van der Waals surface area contributed by atoms with E-state index in [1.165, 1.54) is 17.8 Å². The largest absolute Gasteiger partial charge is 0.438 e. The van der Waals surface area contributed by atoms with Crippen molar-refractivity contribution in [3.05, 3.63) is 115 Å². The molecule has 12 heteroatoms. The molecule has 2 N–H and O–H groups in total. The molecule has 0 spiro atoms. The van der Waals surface area contributed by atoms with Gasteiger partial charge in [0, 0.05) is 61.2 Å². The highest BCUT2D eigenvalue weighted by atomic mass is 19.4. The summed E-state index contributed by atoms with van der Waals surface area (Å²) in [4.78, 5) is 30.7. The van der Waals surface area contributed by atoms with Crippen molar-refractivity contribution in [3.8, 4) is 22.9 Å². The van der Waals surface area contributed by atoms with Gasteiger partial charge < -0.3 is 25.2 Å². The Kier molecular flexibility index (Phi) is 8.79. The lowest BCUT2D eigenvalue weighted by atomic mass is 10.1. The fourth-order valence-electron chi connectivity index (χ4n) is 4.94. The number of aromatic nitrogens is 3. The normalized spacial score (nSPS) is 13.7. The minimum Gasteiger partial charge on any atom is -0.438 e. The van der Waals surface area contributed by atoms with Crippen molar-refractivity contribution in [2.75, 3.05) is 48.8 Å². The van der Waals surface area contributed by atoms with Gasteiger partial charge in [0.25, 0.3) is 5.91 Å². The molecule has 0 bridgehead atoms. The van der Waals surface area contributed by atoms with Crippen molar-refractivity contribution in [1.29, 1.82) is 0 Å². The second-order valence-electron chi connectivity index (χ2n) is 10.7. The number of rotatable bonds is 8. The highest BCUT2D eigenvalue weighted by molar-refractivity contribution is 6.04. The lowest BCUT2D eigenvalue weighted by Gasteiger charge is -2.34. The molecule has 1 saturated heterocycles. The predicted molar refractivity (Wildman–Crippen MR) is 171 cm³/mol. The predicted octanol–water partition coefficient (Wildman–Crippen LogP) is 7.10. The molecule has 0 atom stereocenters. The molecule has 1 amide bonds. The highest BCUT2D eigenvalue weighted by Gasteiger charge is 2.31. The fourth-order valence-corrected chi connectivity index (χ4v) is 4.94. The third kappa shape index (κ3) is 7.41. The number of amides is 1. The van der Waals surface area contributed by atoms with Gasteiger partial charge >= 0.3 is 6.18 Å². The Hall–Kier alpha value is -5.49. The molecular weight excluding hydrogens is 595 g/mol. The first-order chi connectivity index (χ1) is 22.2. The summed E-state index contributed by atoms with van der Waals surface area (Å²) in [6.45, 7) is 4.06. The summed E-state index contributed by atoms with van der Waals surface area (Å²) in [5.41, 5.74) is 2.67. The lowest BCUT2D eigenvalue weighted by Crippen LogP contribution is -2.44. The van der Waals surface area contributed by atoms with E-state index in [4.69, 9.17) is 4.74 Å². The summed E-state index contributed by atoms with van der Waals surface area (Å²) in [6, 6.07) is 24.2. The van der Waals surface area contributed by atoms with Gasteiger partial charge in [0.05, 0.1) is 16.8 Å². The molecule has 6 rings (SSSR count). The number of carbonyl (C=O) groups is 1. The van der Waals surface area contributed by atoms with E-state index < -0.39 is 17.6 Å². The Morgan fingerprint density at radius 3 is 2.30 bits per heavy atom. The molecule has 234 valence electrons. The summed E-state index contributed by atoms with van der Waals surface area (Å²) in [5.74, 6) is 0.501. The highest BCUT2D eigenvalue weighted by Crippen LogP contribution is 2.32. The van der Waals surface area contributed by atoms with E-state index >= 15 is 0 Å². The van der Waals surface area contributed by atoms with E-state index in [2.05, 4.69) is 54.6 Å². The number of benzene rings is 3. The number of anilines is 4. The van der Waals surface area contributed by atoms with Crippen LogP contribution in [-0.4, -0.2) is 59.0 Å². The van der Waals surface area contributed by atoms with Gasteiger partial charge in [-0.2, -0.15) is 13.2 Å². The zero-order chi connectivity index (χ0) is 32.1. The smallest absolute Gasteiger partial charge is 0.416 e. The van der Waals surface area contributed by atoms with Crippen molar-refractivity contribution in [2.45, 2.75) is 6.18 Å². The maximum atomic E-state index is 13.0. The van der Waals surface area contributed by atoms with Crippen LogP contribution in [0.3, 0.4) is 0 Å². The van der Waals surface area contributed by atoms with Crippen molar-refractivity contribution >= 4 is 28.9 Å². The van der Waals surface area contributed by atoms with Crippen molar-refractivity contribution in [2.24, 2.45) is 0 Å². The van der Waals surface area contributed by atoms with Crippen LogP contribution in [0.25, 0.3) is 11.3 Å². The van der Waals surface area contributed by atoms with Crippen molar-refractivity contribution < 1.29 is 22.7 Å². The van der Waals surface area contributed by atoms with Crippen LogP contribution in [0.5, 0.6) is 11.6 Å². The van der Waals surface area contributed by atoms with Gasteiger partial charge in [-0.15, -0.1) is 0 Å². The van der Waals surface area contributed by atoms with Crippen molar-refractivity contribution in [3.63, 3.8) is 0 Å². The number of nitrogens with zero attached hydrogens (tertiary/aromatic N) is 5. The number of alkyl halides is 3. The first-order valence-electron chi connectivity index (χ1n) is 14.6. The quantitative estimate of drug-likeness (QED) is 0.189. The van der Waals surface area contributed by atoms with Crippen LogP contribution in [0.1, 0.15) is 15.9 Å². The molecule has 0 radical (unpaired) electrons. The van der Waals surface area contributed by atoms with E-state index in [1.54, 1.807) is 48.8 Å². The zero-order valence-electron chi connectivity index (χ0n) is 24.8. The van der Waals surface area contributed by atoms with Gasteiger partial charge in [0.1, 0.15) is 5.75 Å². The van der Waals surface area contributed by atoms with Gasteiger partial charge in [-0.1, -0.05) is 6.07 Å². The van der Waals surface area contributed by atoms with Crippen LogP contribution in [0, 0.1) is 0 Å². The Balaban J connectivity index is 1.11. The van der Waals surface area contributed by atoms with Gasteiger partial charge in [-0.05, 0) is 92.0 Å². The third-order valence-electron chi connectivity index (χ3n) is 7.47. The molecule has 1 aliphatic rings. The van der Waals surface area contributed by atoms with Gasteiger partial charge in [-0.25, -0.2) is 15.0 Å². The second-order valence-corrected chi connectivity index (χ2v) is 10.7. The number of halogens is 3. The number of carbonyl (C=O) groups excluding carboxylic acids is 1. The molecule has 46 heavy (non-hydrogen) atoms. The molecule has 3 heterocycles. The van der Waals surface area contributed by atoms with Crippen molar-refractivity contribution in [1.82, 2.24) is 19.9 Å². The Morgan fingerprint density at radius 1 is 0.826 bits per heavy atom. The number of likely N-dealkylation sites (N-methyl/N-ethyl adjacent to an activating group) is 1. The lowest BCUT2D eigenvalue weighted by molar-refractivity contribution is -0.137. The van der Waals surface area contributed by atoms with Gasteiger partial charge in [-0.3, -0.25) is 4.79 Å². The maximum absolute atomic E-state index is 13.0. The number of hydrogen-bond donors (Lipinski definition) is 2. The number of nitrogens with one attached hydrogen (secondary N) is 2. The summed E-state index contributed by atoms with van der Waals surface area (Å²) in [6.07, 6.45) is -1.28. The van der Waals surface area contributed by atoms with E-state index in [0.29, 0.717) is 34.5 Å². The Bertz CT molecular complexity index is 1810. The Morgan fingerprint density at radius 2 is 1.57 bits per heavy atom. The van der Waals surface area contributed by atoms with Crippen LogP contribution in [0.15, 0.2) is 103 Å². The SMILES string of the molecule is CN1CCN(c2ccc(Nc3nccc(-c4cccnc4Oc4ccc(NC(=O)c5cccc(C(F)(F)F)c5)cc4)n3)cc2)CC1. The van der Waals surface area contributed by atoms with Crippen LogP contribution < -0.4 is 20.3 Å². The molecular formula is C34H30F3N7O2. The summed E-state index contributed by atoms with van der Waals surface area (Å²) < 4.78 is 45.2. The van der Waals surface area contributed by atoms with Gasteiger partial charge in [0.2, 0.25) is 11.8 Å². The molecule has 5 aromatic rings. The molecule has 2 aromatic heterocycles. The molecule has 0 unspecified atom stereocenters. The monoisotopic (exact) mass is 625 g/mol.